The molecule has 1 N–H and O–H groups in total. The van der Waals surface area contributed by atoms with Gasteiger partial charge in [-0.1, -0.05) is 24.6 Å². The third kappa shape index (κ3) is 4.77. The molecule has 0 aliphatic heterocycles. The number of sulfone groups is 1. The van der Waals surface area contributed by atoms with E-state index >= 15 is 0 Å². The zero-order valence-corrected chi connectivity index (χ0v) is 11.6. The molecule has 96 valence electrons. The highest BCUT2D eigenvalue weighted by Gasteiger charge is 2.06. The lowest BCUT2D eigenvalue weighted by Gasteiger charge is -2.10. The van der Waals surface area contributed by atoms with Crippen molar-refractivity contribution in [1.29, 1.82) is 0 Å². The Morgan fingerprint density at radius 2 is 1.94 bits per heavy atom. The lowest BCUT2D eigenvalue weighted by atomic mass is 10.1. The summed E-state index contributed by atoms with van der Waals surface area (Å²) in [4.78, 5) is 0. The van der Waals surface area contributed by atoms with Gasteiger partial charge in [-0.2, -0.15) is 0 Å². The number of hydrogen-bond donors (Lipinski definition) is 1. The van der Waals surface area contributed by atoms with Crippen molar-refractivity contribution in [2.75, 3.05) is 23.4 Å². The van der Waals surface area contributed by atoms with E-state index in [1.54, 1.807) is 6.92 Å². The Bertz CT molecular complexity index is 466. The van der Waals surface area contributed by atoms with Crippen molar-refractivity contribution in [3.8, 4) is 0 Å². The van der Waals surface area contributed by atoms with E-state index in [2.05, 4.69) is 31.3 Å². The first-order chi connectivity index (χ1) is 7.94. The molecule has 1 rings (SSSR count). The average molecular weight is 255 g/mol. The van der Waals surface area contributed by atoms with Crippen LogP contribution in [0, 0.1) is 13.8 Å². The highest BCUT2D eigenvalue weighted by Crippen LogP contribution is 2.15. The second kappa shape index (κ2) is 6.05. The van der Waals surface area contributed by atoms with Crippen molar-refractivity contribution in [2.45, 2.75) is 27.2 Å². The number of anilines is 1. The van der Waals surface area contributed by atoms with Gasteiger partial charge in [0.1, 0.15) is 9.84 Å². The second-order valence-electron chi connectivity index (χ2n) is 4.34. The molecule has 0 saturated carbocycles. The third-order valence-corrected chi connectivity index (χ3v) is 4.56. The van der Waals surface area contributed by atoms with E-state index in [1.165, 1.54) is 11.1 Å². The molecule has 0 atom stereocenters. The van der Waals surface area contributed by atoms with Crippen molar-refractivity contribution in [1.82, 2.24) is 0 Å². The van der Waals surface area contributed by atoms with Gasteiger partial charge in [0.2, 0.25) is 0 Å². The van der Waals surface area contributed by atoms with Crippen LogP contribution in [-0.2, 0) is 9.84 Å². The smallest absolute Gasteiger partial charge is 0.150 e. The van der Waals surface area contributed by atoms with Crippen LogP contribution < -0.4 is 5.32 Å². The highest BCUT2D eigenvalue weighted by molar-refractivity contribution is 7.91. The number of rotatable bonds is 6. The first-order valence-electron chi connectivity index (χ1n) is 5.96. The molecule has 0 radical (unpaired) electrons. The highest BCUT2D eigenvalue weighted by atomic mass is 32.2. The average Bonchev–Trinajstić information content (AvgIpc) is 2.27. The Kier molecular flexibility index (Phi) is 5.00. The molecule has 0 heterocycles. The topological polar surface area (TPSA) is 46.2 Å². The molecule has 0 spiro atoms. The maximum Gasteiger partial charge on any atom is 0.150 e. The largest absolute Gasteiger partial charge is 0.385 e. The van der Waals surface area contributed by atoms with Crippen molar-refractivity contribution < 1.29 is 8.42 Å². The van der Waals surface area contributed by atoms with E-state index in [-0.39, 0.29) is 11.5 Å². The predicted molar refractivity (Wildman–Crippen MR) is 73.4 cm³/mol. The third-order valence-electron chi connectivity index (χ3n) is 2.77. The second-order valence-corrected chi connectivity index (χ2v) is 6.81. The molecular weight excluding hydrogens is 234 g/mol. The standard InChI is InChI=1S/C13H21NO2S/c1-4-17(15,16)9-5-8-14-13-7-6-11(2)10-12(13)3/h6-7,10,14H,4-5,8-9H2,1-3H3. The van der Waals surface area contributed by atoms with Gasteiger partial charge >= 0.3 is 0 Å². The fourth-order valence-electron chi connectivity index (χ4n) is 1.67. The predicted octanol–water partition coefficient (Wildman–Crippen LogP) is 2.54. The molecule has 1 aromatic rings. The summed E-state index contributed by atoms with van der Waals surface area (Å²) in [6.45, 7) is 6.50. The summed E-state index contributed by atoms with van der Waals surface area (Å²) in [5.74, 6) is 0.498. The van der Waals surface area contributed by atoms with Crippen LogP contribution in [0.4, 0.5) is 5.69 Å². The zero-order valence-electron chi connectivity index (χ0n) is 10.8. The van der Waals surface area contributed by atoms with E-state index in [9.17, 15) is 8.42 Å². The van der Waals surface area contributed by atoms with Crippen LogP contribution >= 0.6 is 0 Å². The minimum absolute atomic E-state index is 0.233. The Balaban J connectivity index is 2.41. The van der Waals surface area contributed by atoms with E-state index in [1.807, 2.05) is 6.07 Å². The Labute approximate surface area is 104 Å². The summed E-state index contributed by atoms with van der Waals surface area (Å²) in [5, 5.41) is 3.27. The van der Waals surface area contributed by atoms with E-state index in [4.69, 9.17) is 0 Å². The van der Waals surface area contributed by atoms with E-state index in [0.29, 0.717) is 13.0 Å². The molecule has 0 amide bonds. The van der Waals surface area contributed by atoms with Crippen molar-refractivity contribution in [2.24, 2.45) is 0 Å². The summed E-state index contributed by atoms with van der Waals surface area (Å²) in [7, 11) is -2.83. The minimum Gasteiger partial charge on any atom is -0.385 e. The molecule has 0 aromatic heterocycles. The summed E-state index contributed by atoms with van der Waals surface area (Å²) >= 11 is 0. The van der Waals surface area contributed by atoms with Crippen LogP contribution in [-0.4, -0.2) is 26.5 Å². The first-order valence-corrected chi connectivity index (χ1v) is 7.78. The summed E-state index contributed by atoms with van der Waals surface area (Å²) < 4.78 is 22.6. The maximum absolute atomic E-state index is 11.3. The number of benzene rings is 1. The number of nitrogens with one attached hydrogen (secondary N) is 1. The fraction of sp³-hybridized carbons (Fsp3) is 0.538. The van der Waals surface area contributed by atoms with Gasteiger partial charge in [0.25, 0.3) is 0 Å². The summed E-state index contributed by atoms with van der Waals surface area (Å²) in [6, 6.07) is 6.21. The van der Waals surface area contributed by atoms with Gasteiger partial charge in [-0.3, -0.25) is 0 Å². The molecule has 0 aliphatic rings. The molecule has 1 aromatic carbocycles. The lowest BCUT2D eigenvalue weighted by Crippen LogP contribution is -2.13. The van der Waals surface area contributed by atoms with E-state index in [0.717, 1.165) is 5.69 Å². The van der Waals surface area contributed by atoms with Gasteiger partial charge in [0.05, 0.1) is 5.75 Å². The molecule has 0 fully saturated rings. The molecule has 4 heteroatoms. The van der Waals surface area contributed by atoms with Gasteiger partial charge in [-0.25, -0.2) is 8.42 Å². The molecular formula is C13H21NO2S. The normalized spacial score (nSPS) is 11.5. The van der Waals surface area contributed by atoms with Gasteiger partial charge in [0.15, 0.2) is 0 Å². The molecule has 0 saturated heterocycles. The molecule has 3 nitrogen and oxygen atoms in total. The first kappa shape index (κ1) is 14.0. The van der Waals surface area contributed by atoms with Crippen LogP contribution in [0.15, 0.2) is 18.2 Å². The van der Waals surface area contributed by atoms with Crippen LogP contribution in [0.3, 0.4) is 0 Å². The summed E-state index contributed by atoms with van der Waals surface area (Å²) in [6.07, 6.45) is 0.656. The monoisotopic (exact) mass is 255 g/mol. The quantitative estimate of drug-likeness (QED) is 0.795. The van der Waals surface area contributed by atoms with Gasteiger partial charge < -0.3 is 5.32 Å². The van der Waals surface area contributed by atoms with Crippen LogP contribution in [0.1, 0.15) is 24.5 Å². The van der Waals surface area contributed by atoms with Crippen LogP contribution in [0.2, 0.25) is 0 Å². The molecule has 0 unspecified atom stereocenters. The van der Waals surface area contributed by atoms with Gasteiger partial charge in [-0.15, -0.1) is 0 Å². The minimum atomic E-state index is -2.83. The Morgan fingerprint density at radius 1 is 1.24 bits per heavy atom. The number of aryl methyl sites for hydroxylation is 2. The maximum atomic E-state index is 11.3. The molecule has 0 bridgehead atoms. The van der Waals surface area contributed by atoms with Crippen LogP contribution in [0.5, 0.6) is 0 Å². The Hall–Kier alpha value is -1.03. The lowest BCUT2D eigenvalue weighted by molar-refractivity contribution is 0.595. The Morgan fingerprint density at radius 3 is 2.53 bits per heavy atom. The van der Waals surface area contributed by atoms with Crippen LogP contribution in [0.25, 0.3) is 0 Å². The number of hydrogen-bond acceptors (Lipinski definition) is 3. The fourth-order valence-corrected chi connectivity index (χ4v) is 2.54. The van der Waals surface area contributed by atoms with Gasteiger partial charge in [-0.05, 0) is 31.9 Å². The van der Waals surface area contributed by atoms with Crippen molar-refractivity contribution in [3.63, 3.8) is 0 Å². The van der Waals surface area contributed by atoms with Crippen molar-refractivity contribution >= 4 is 15.5 Å². The van der Waals surface area contributed by atoms with E-state index < -0.39 is 9.84 Å². The SMILES string of the molecule is CCS(=O)(=O)CCCNc1ccc(C)cc1C. The molecule has 0 aliphatic carbocycles. The van der Waals surface area contributed by atoms with Crippen molar-refractivity contribution in [3.05, 3.63) is 29.3 Å². The van der Waals surface area contributed by atoms with Gasteiger partial charge in [0, 0.05) is 18.0 Å². The summed E-state index contributed by atoms with van der Waals surface area (Å²) in [5.41, 5.74) is 3.52. The zero-order chi connectivity index (χ0) is 12.9. The molecule has 17 heavy (non-hydrogen) atoms.